The van der Waals surface area contributed by atoms with Crippen molar-refractivity contribution >= 4 is 29.0 Å². The lowest BCUT2D eigenvalue weighted by Gasteiger charge is -2.25. The number of benzene rings is 2. The molecular formula is C21H23N3O3. The SMILES string of the molecule is CC(=O)N1CC(N)C(=O)N(CC(=O)c2ccccc2C)c2cc(C)ccc21. The number of rotatable bonds is 3. The van der Waals surface area contributed by atoms with Crippen molar-refractivity contribution < 1.29 is 14.4 Å². The molecule has 0 saturated carbocycles. The zero-order valence-corrected chi connectivity index (χ0v) is 15.7. The van der Waals surface area contributed by atoms with Gasteiger partial charge in [0.05, 0.1) is 24.5 Å². The maximum atomic E-state index is 12.9. The van der Waals surface area contributed by atoms with Crippen molar-refractivity contribution in [2.24, 2.45) is 5.73 Å². The Morgan fingerprint density at radius 1 is 1.11 bits per heavy atom. The first-order valence-corrected chi connectivity index (χ1v) is 8.84. The minimum atomic E-state index is -0.897. The van der Waals surface area contributed by atoms with E-state index in [0.717, 1.165) is 11.1 Å². The molecule has 2 aromatic rings. The zero-order chi connectivity index (χ0) is 19.7. The van der Waals surface area contributed by atoms with Crippen molar-refractivity contribution in [2.75, 3.05) is 22.9 Å². The average molecular weight is 365 g/mol. The summed E-state index contributed by atoms with van der Waals surface area (Å²) < 4.78 is 0. The number of Topliss-reactive ketones (excluding diaryl/α,β-unsaturated/α-hetero) is 1. The number of nitrogens with zero attached hydrogens (tertiary/aromatic N) is 2. The van der Waals surface area contributed by atoms with Crippen LogP contribution in [0.5, 0.6) is 0 Å². The number of aryl methyl sites for hydroxylation is 2. The van der Waals surface area contributed by atoms with Crippen LogP contribution in [0.2, 0.25) is 0 Å². The van der Waals surface area contributed by atoms with Crippen LogP contribution in [0, 0.1) is 13.8 Å². The molecule has 1 heterocycles. The summed E-state index contributed by atoms with van der Waals surface area (Å²) in [4.78, 5) is 40.9. The van der Waals surface area contributed by atoms with Gasteiger partial charge in [-0.3, -0.25) is 14.4 Å². The largest absolute Gasteiger partial charge is 0.318 e. The molecule has 0 bridgehead atoms. The Balaban J connectivity index is 2.07. The number of nitrogens with two attached hydrogens (primary N) is 1. The van der Waals surface area contributed by atoms with Gasteiger partial charge < -0.3 is 15.5 Å². The fourth-order valence-electron chi connectivity index (χ4n) is 3.35. The van der Waals surface area contributed by atoms with Crippen LogP contribution in [0.25, 0.3) is 0 Å². The van der Waals surface area contributed by atoms with Gasteiger partial charge in [-0.05, 0) is 37.1 Å². The van der Waals surface area contributed by atoms with Gasteiger partial charge >= 0.3 is 0 Å². The highest BCUT2D eigenvalue weighted by molar-refractivity contribution is 6.11. The Morgan fingerprint density at radius 2 is 1.81 bits per heavy atom. The summed E-state index contributed by atoms with van der Waals surface area (Å²) in [6, 6.07) is 11.9. The maximum absolute atomic E-state index is 12.9. The predicted octanol–water partition coefficient (Wildman–Crippen LogP) is 2.21. The molecule has 140 valence electrons. The number of amides is 2. The molecule has 0 aromatic heterocycles. The van der Waals surface area contributed by atoms with E-state index >= 15 is 0 Å². The maximum Gasteiger partial charge on any atom is 0.246 e. The fourth-order valence-corrected chi connectivity index (χ4v) is 3.35. The summed E-state index contributed by atoms with van der Waals surface area (Å²) in [7, 11) is 0. The standard InChI is InChI=1S/C21H23N3O3/c1-13-8-9-18-19(10-13)24(21(27)17(22)11-23(18)15(3)25)12-20(26)16-7-5-4-6-14(16)2/h4-10,17H,11-12,22H2,1-3H3. The first-order valence-electron chi connectivity index (χ1n) is 8.84. The molecule has 2 amide bonds. The molecule has 6 heteroatoms. The van der Waals surface area contributed by atoms with Crippen molar-refractivity contribution in [3.05, 3.63) is 59.2 Å². The van der Waals surface area contributed by atoms with E-state index < -0.39 is 6.04 Å². The Bertz CT molecular complexity index is 923. The first kappa shape index (κ1) is 18.8. The number of fused-ring (bicyclic) bond motifs is 1. The molecule has 2 N–H and O–H groups in total. The van der Waals surface area contributed by atoms with E-state index in [2.05, 4.69) is 0 Å². The van der Waals surface area contributed by atoms with Crippen LogP contribution in [-0.2, 0) is 9.59 Å². The Kier molecular flexibility index (Phi) is 5.10. The normalized spacial score (nSPS) is 16.7. The summed E-state index contributed by atoms with van der Waals surface area (Å²) in [5.41, 5.74) is 9.53. The first-order chi connectivity index (χ1) is 12.8. The lowest BCUT2D eigenvalue weighted by molar-refractivity contribution is -0.119. The van der Waals surface area contributed by atoms with Gasteiger partial charge in [0, 0.05) is 12.5 Å². The molecule has 2 aromatic carbocycles. The molecule has 27 heavy (non-hydrogen) atoms. The lowest BCUT2D eigenvalue weighted by Crippen LogP contribution is -2.49. The summed E-state index contributed by atoms with van der Waals surface area (Å²) in [5, 5.41) is 0. The van der Waals surface area contributed by atoms with Crippen LogP contribution >= 0.6 is 0 Å². The molecule has 0 radical (unpaired) electrons. The van der Waals surface area contributed by atoms with Gasteiger partial charge in [-0.2, -0.15) is 0 Å². The van der Waals surface area contributed by atoms with Crippen LogP contribution < -0.4 is 15.5 Å². The Labute approximate surface area is 158 Å². The van der Waals surface area contributed by atoms with Gasteiger partial charge in [0.25, 0.3) is 0 Å². The van der Waals surface area contributed by atoms with Crippen LogP contribution in [0.3, 0.4) is 0 Å². The third kappa shape index (κ3) is 3.61. The average Bonchev–Trinajstić information content (AvgIpc) is 2.72. The molecule has 0 fully saturated rings. The van der Waals surface area contributed by atoms with Gasteiger partial charge in [-0.25, -0.2) is 0 Å². The van der Waals surface area contributed by atoms with E-state index in [1.165, 1.54) is 16.7 Å². The molecule has 1 aliphatic rings. The van der Waals surface area contributed by atoms with Crippen LogP contribution in [0.4, 0.5) is 11.4 Å². The van der Waals surface area contributed by atoms with Crippen molar-refractivity contribution in [2.45, 2.75) is 26.8 Å². The number of hydrogen-bond acceptors (Lipinski definition) is 4. The Morgan fingerprint density at radius 3 is 2.48 bits per heavy atom. The predicted molar refractivity (Wildman–Crippen MR) is 105 cm³/mol. The number of ketones is 1. The van der Waals surface area contributed by atoms with Crippen molar-refractivity contribution in [3.8, 4) is 0 Å². The van der Waals surface area contributed by atoms with Crippen LogP contribution in [0.15, 0.2) is 42.5 Å². The highest BCUT2D eigenvalue weighted by atomic mass is 16.2. The van der Waals surface area contributed by atoms with Crippen molar-refractivity contribution in [1.29, 1.82) is 0 Å². The zero-order valence-electron chi connectivity index (χ0n) is 15.7. The lowest BCUT2D eigenvalue weighted by atomic mass is 10.0. The Hall–Kier alpha value is -2.99. The summed E-state index contributed by atoms with van der Waals surface area (Å²) in [5.74, 6) is -0.736. The number of carbonyl (C=O) groups excluding carboxylic acids is 3. The quantitative estimate of drug-likeness (QED) is 0.846. The molecule has 6 nitrogen and oxygen atoms in total. The number of anilines is 2. The monoisotopic (exact) mass is 365 g/mol. The molecule has 3 rings (SSSR count). The molecule has 1 aliphatic heterocycles. The second-order valence-electron chi connectivity index (χ2n) is 6.89. The molecule has 0 saturated heterocycles. The fraction of sp³-hybridized carbons (Fsp3) is 0.286. The summed E-state index contributed by atoms with van der Waals surface area (Å²) in [6.07, 6.45) is 0. The van der Waals surface area contributed by atoms with E-state index in [9.17, 15) is 14.4 Å². The molecular weight excluding hydrogens is 342 g/mol. The highest BCUT2D eigenvalue weighted by Crippen LogP contribution is 2.34. The smallest absolute Gasteiger partial charge is 0.246 e. The van der Waals surface area contributed by atoms with Gasteiger partial charge in [-0.1, -0.05) is 30.3 Å². The molecule has 0 aliphatic carbocycles. The van der Waals surface area contributed by atoms with E-state index in [1.807, 2.05) is 38.1 Å². The second kappa shape index (κ2) is 7.32. The third-order valence-electron chi connectivity index (χ3n) is 4.80. The highest BCUT2D eigenvalue weighted by Gasteiger charge is 2.34. The van der Waals surface area contributed by atoms with Crippen molar-refractivity contribution in [1.82, 2.24) is 0 Å². The summed E-state index contributed by atoms with van der Waals surface area (Å²) >= 11 is 0. The van der Waals surface area contributed by atoms with E-state index in [-0.39, 0.29) is 30.7 Å². The number of hydrogen-bond donors (Lipinski definition) is 1. The number of carbonyl (C=O) groups is 3. The minimum Gasteiger partial charge on any atom is -0.318 e. The topological polar surface area (TPSA) is 83.7 Å². The van der Waals surface area contributed by atoms with Gasteiger partial charge in [0.1, 0.15) is 6.04 Å². The second-order valence-corrected chi connectivity index (χ2v) is 6.89. The van der Waals surface area contributed by atoms with Gasteiger partial charge in [-0.15, -0.1) is 0 Å². The molecule has 0 spiro atoms. The summed E-state index contributed by atoms with van der Waals surface area (Å²) in [6.45, 7) is 5.15. The van der Waals surface area contributed by atoms with E-state index in [1.54, 1.807) is 18.2 Å². The van der Waals surface area contributed by atoms with Gasteiger partial charge in [0.2, 0.25) is 11.8 Å². The molecule has 1 unspecified atom stereocenters. The van der Waals surface area contributed by atoms with E-state index in [4.69, 9.17) is 5.73 Å². The van der Waals surface area contributed by atoms with E-state index in [0.29, 0.717) is 16.9 Å². The molecule has 1 atom stereocenters. The van der Waals surface area contributed by atoms with Gasteiger partial charge in [0.15, 0.2) is 5.78 Å². The third-order valence-corrected chi connectivity index (χ3v) is 4.80. The van der Waals surface area contributed by atoms with Crippen LogP contribution in [-0.4, -0.2) is 36.7 Å². The minimum absolute atomic E-state index is 0.0826. The van der Waals surface area contributed by atoms with Crippen molar-refractivity contribution in [3.63, 3.8) is 0 Å². The van der Waals surface area contributed by atoms with Crippen LogP contribution in [0.1, 0.15) is 28.4 Å².